The zero-order valence-corrected chi connectivity index (χ0v) is 12.5. The molecule has 0 aliphatic heterocycles. The lowest BCUT2D eigenvalue weighted by molar-refractivity contribution is -0.133. The molecule has 1 aliphatic rings. The summed E-state index contributed by atoms with van der Waals surface area (Å²) in [5, 5.41) is 17.8. The van der Waals surface area contributed by atoms with Crippen LogP contribution in [0.2, 0.25) is 0 Å². The van der Waals surface area contributed by atoms with E-state index in [2.05, 4.69) is 28.6 Å². The molecule has 0 radical (unpaired) electrons. The van der Waals surface area contributed by atoms with Crippen LogP contribution < -0.4 is 0 Å². The third-order valence-corrected chi connectivity index (χ3v) is 4.85. The van der Waals surface area contributed by atoms with Crippen LogP contribution in [0.15, 0.2) is 5.16 Å². The molecular formula is C13H21N3O2S. The number of hydrogen-bond acceptors (Lipinski definition) is 4. The van der Waals surface area contributed by atoms with Gasteiger partial charge in [0.2, 0.25) is 0 Å². The molecule has 0 amide bonds. The minimum absolute atomic E-state index is 0.0330. The highest BCUT2D eigenvalue weighted by Crippen LogP contribution is 2.45. The Labute approximate surface area is 117 Å². The molecule has 2 rings (SSSR count). The summed E-state index contributed by atoms with van der Waals surface area (Å²) in [4.78, 5) is 10.7. The predicted octanol–water partition coefficient (Wildman–Crippen LogP) is 2.90. The van der Waals surface area contributed by atoms with Crippen molar-refractivity contribution in [2.45, 2.75) is 57.7 Å². The molecular weight excluding hydrogens is 262 g/mol. The lowest BCUT2D eigenvalue weighted by Crippen LogP contribution is -2.31. The smallest absolute Gasteiger partial charge is 0.313 e. The highest BCUT2D eigenvalue weighted by atomic mass is 32.2. The average molecular weight is 283 g/mol. The number of carboxylic acid groups (broad SMARTS) is 1. The van der Waals surface area contributed by atoms with E-state index in [9.17, 15) is 4.79 Å². The molecule has 1 aromatic heterocycles. The van der Waals surface area contributed by atoms with Gasteiger partial charge in [-0.2, -0.15) is 0 Å². The van der Waals surface area contributed by atoms with E-state index in [-0.39, 0.29) is 11.2 Å². The number of rotatable bonds is 4. The first kappa shape index (κ1) is 14.4. The van der Waals surface area contributed by atoms with Gasteiger partial charge in [0.15, 0.2) is 5.16 Å². The van der Waals surface area contributed by atoms with Crippen molar-refractivity contribution in [2.75, 3.05) is 5.75 Å². The lowest BCUT2D eigenvalue weighted by atomic mass is 9.73. The van der Waals surface area contributed by atoms with E-state index >= 15 is 0 Å². The van der Waals surface area contributed by atoms with Crippen molar-refractivity contribution in [2.24, 2.45) is 5.41 Å². The van der Waals surface area contributed by atoms with E-state index in [0.717, 1.165) is 17.4 Å². The molecule has 1 atom stereocenters. The average Bonchev–Trinajstić information content (AvgIpc) is 2.67. The third-order valence-electron chi connectivity index (χ3n) is 3.92. The van der Waals surface area contributed by atoms with Gasteiger partial charge in [-0.05, 0) is 25.2 Å². The van der Waals surface area contributed by atoms with Crippen LogP contribution in [-0.2, 0) is 4.79 Å². The highest BCUT2D eigenvalue weighted by Gasteiger charge is 2.35. The summed E-state index contributed by atoms with van der Waals surface area (Å²) in [6, 6.07) is 0.368. The van der Waals surface area contributed by atoms with Gasteiger partial charge in [-0.15, -0.1) is 10.2 Å². The van der Waals surface area contributed by atoms with Crippen LogP contribution in [0.3, 0.4) is 0 Å². The van der Waals surface area contributed by atoms with Crippen molar-refractivity contribution >= 4 is 17.7 Å². The van der Waals surface area contributed by atoms with Crippen molar-refractivity contribution in [3.63, 3.8) is 0 Å². The summed E-state index contributed by atoms with van der Waals surface area (Å²) >= 11 is 1.26. The molecule has 19 heavy (non-hydrogen) atoms. The monoisotopic (exact) mass is 283 g/mol. The third kappa shape index (κ3) is 3.11. The second kappa shape index (κ2) is 5.53. The van der Waals surface area contributed by atoms with Gasteiger partial charge in [0.25, 0.3) is 0 Å². The summed E-state index contributed by atoms with van der Waals surface area (Å²) in [7, 11) is 0. The van der Waals surface area contributed by atoms with Crippen LogP contribution in [0.5, 0.6) is 0 Å². The van der Waals surface area contributed by atoms with Gasteiger partial charge in [-0.25, -0.2) is 0 Å². The molecule has 1 heterocycles. The SMILES string of the molecule is Cc1nnc(SCC(=O)O)n1C1CCCCC1(C)C. The van der Waals surface area contributed by atoms with Gasteiger partial charge < -0.3 is 9.67 Å². The van der Waals surface area contributed by atoms with Crippen LogP contribution in [0.25, 0.3) is 0 Å². The Hall–Kier alpha value is -1.04. The van der Waals surface area contributed by atoms with Crippen LogP contribution in [-0.4, -0.2) is 31.6 Å². The minimum atomic E-state index is -0.819. The van der Waals surface area contributed by atoms with E-state index in [0.29, 0.717) is 6.04 Å². The van der Waals surface area contributed by atoms with Gasteiger partial charge in [-0.3, -0.25) is 4.79 Å². The maximum atomic E-state index is 10.7. The molecule has 0 saturated heterocycles. The van der Waals surface area contributed by atoms with E-state index in [1.54, 1.807) is 0 Å². The van der Waals surface area contributed by atoms with Crippen LogP contribution in [0.1, 0.15) is 51.4 Å². The maximum absolute atomic E-state index is 10.7. The second-order valence-electron chi connectivity index (χ2n) is 5.83. The molecule has 1 fully saturated rings. The number of nitrogens with zero attached hydrogens (tertiary/aromatic N) is 3. The number of aromatic nitrogens is 3. The summed E-state index contributed by atoms with van der Waals surface area (Å²) in [5.41, 5.74) is 0.212. The van der Waals surface area contributed by atoms with Crippen molar-refractivity contribution in [3.8, 4) is 0 Å². The van der Waals surface area contributed by atoms with Gasteiger partial charge >= 0.3 is 5.97 Å². The number of carboxylic acids is 1. The molecule has 5 nitrogen and oxygen atoms in total. The van der Waals surface area contributed by atoms with Crippen molar-refractivity contribution in [3.05, 3.63) is 5.82 Å². The fourth-order valence-corrected chi connectivity index (χ4v) is 3.64. The summed E-state index contributed by atoms with van der Waals surface area (Å²) in [6.45, 7) is 6.51. The van der Waals surface area contributed by atoms with Crippen molar-refractivity contribution < 1.29 is 9.90 Å². The number of aryl methyl sites for hydroxylation is 1. The van der Waals surface area contributed by atoms with E-state index in [4.69, 9.17) is 5.11 Å². The molecule has 1 aromatic rings. The van der Waals surface area contributed by atoms with Gasteiger partial charge in [0.05, 0.1) is 5.75 Å². The first-order valence-electron chi connectivity index (χ1n) is 6.68. The highest BCUT2D eigenvalue weighted by molar-refractivity contribution is 7.99. The number of hydrogen-bond donors (Lipinski definition) is 1. The Kier molecular flexibility index (Phi) is 4.18. The topological polar surface area (TPSA) is 68.0 Å². The normalized spacial score (nSPS) is 22.4. The Morgan fingerprint density at radius 3 is 2.84 bits per heavy atom. The molecule has 1 unspecified atom stereocenters. The van der Waals surface area contributed by atoms with Crippen LogP contribution in [0.4, 0.5) is 0 Å². The fourth-order valence-electron chi connectivity index (χ4n) is 2.89. The Bertz CT molecular complexity index is 470. The predicted molar refractivity (Wildman–Crippen MR) is 74.4 cm³/mol. The zero-order valence-electron chi connectivity index (χ0n) is 11.7. The Morgan fingerprint density at radius 1 is 1.47 bits per heavy atom. The molecule has 106 valence electrons. The molecule has 0 aromatic carbocycles. The van der Waals surface area contributed by atoms with E-state index in [1.807, 2.05) is 6.92 Å². The maximum Gasteiger partial charge on any atom is 0.313 e. The first-order chi connectivity index (χ1) is 8.92. The van der Waals surface area contributed by atoms with Crippen molar-refractivity contribution in [1.29, 1.82) is 0 Å². The number of aliphatic carboxylic acids is 1. The standard InChI is InChI=1S/C13H21N3O2S/c1-9-14-15-12(19-8-11(17)18)16(9)10-6-4-5-7-13(10,2)3/h10H,4-8H2,1-3H3,(H,17,18). The fraction of sp³-hybridized carbons (Fsp3) is 0.769. The summed E-state index contributed by atoms with van der Waals surface area (Å²) < 4.78 is 2.15. The molecule has 1 aliphatic carbocycles. The number of thioether (sulfide) groups is 1. The minimum Gasteiger partial charge on any atom is -0.481 e. The molecule has 0 spiro atoms. The Balaban J connectivity index is 2.27. The zero-order chi connectivity index (χ0) is 14.0. The largest absolute Gasteiger partial charge is 0.481 e. The van der Waals surface area contributed by atoms with Gasteiger partial charge in [0.1, 0.15) is 5.82 Å². The summed E-state index contributed by atoms with van der Waals surface area (Å²) in [5.74, 6) is 0.0960. The van der Waals surface area contributed by atoms with Crippen LogP contribution >= 0.6 is 11.8 Å². The van der Waals surface area contributed by atoms with Crippen LogP contribution in [0, 0.1) is 12.3 Å². The molecule has 1 N–H and O–H groups in total. The first-order valence-corrected chi connectivity index (χ1v) is 7.66. The molecule has 6 heteroatoms. The molecule has 1 saturated carbocycles. The second-order valence-corrected chi connectivity index (χ2v) is 6.77. The quantitative estimate of drug-likeness (QED) is 0.860. The van der Waals surface area contributed by atoms with Gasteiger partial charge in [-0.1, -0.05) is 38.5 Å². The number of carbonyl (C=O) groups is 1. The van der Waals surface area contributed by atoms with Gasteiger partial charge in [0, 0.05) is 6.04 Å². The van der Waals surface area contributed by atoms with Crippen molar-refractivity contribution in [1.82, 2.24) is 14.8 Å². The molecule has 0 bridgehead atoms. The Morgan fingerprint density at radius 2 is 2.21 bits per heavy atom. The van der Waals surface area contributed by atoms with E-state index in [1.165, 1.54) is 31.0 Å². The summed E-state index contributed by atoms with van der Waals surface area (Å²) in [6.07, 6.45) is 4.79. The lowest BCUT2D eigenvalue weighted by Gasteiger charge is -2.40. The van der Waals surface area contributed by atoms with E-state index < -0.39 is 5.97 Å².